The Labute approximate surface area is 201 Å². The van der Waals surface area contributed by atoms with Crippen molar-refractivity contribution in [2.45, 2.75) is 30.3 Å². The smallest absolute Gasteiger partial charge is 0.335 e. The standard InChI is InChI=1S/C19H24N6O8S2/c1-5-9-33-12-7-8-13-20-16(34(27,28)6-2)17(25(13)11-12)35(29,30)24-19(26)23-18-21-14(31-3)10-15(22-18)32-4/h7-8,10-11H,5-6,9H2,1-4H3,(H2,21,22,23,24,26). The minimum Gasteiger partial charge on any atom is -0.492 e. The normalized spacial score (nSPS) is 11.8. The van der Waals surface area contributed by atoms with Gasteiger partial charge in [0.05, 0.1) is 38.8 Å². The fourth-order valence-electron chi connectivity index (χ4n) is 2.84. The predicted octanol–water partition coefficient (Wildman–Crippen LogP) is 1.23. The molecule has 0 atom stereocenters. The number of fused-ring (bicyclic) bond motifs is 1. The largest absolute Gasteiger partial charge is 0.492 e. The van der Waals surface area contributed by atoms with Crippen LogP contribution in [0.2, 0.25) is 0 Å². The molecule has 0 bridgehead atoms. The van der Waals surface area contributed by atoms with Gasteiger partial charge < -0.3 is 14.2 Å². The van der Waals surface area contributed by atoms with Gasteiger partial charge in [-0.3, -0.25) is 9.72 Å². The lowest BCUT2D eigenvalue weighted by Crippen LogP contribution is -2.36. The zero-order chi connectivity index (χ0) is 25.8. The van der Waals surface area contributed by atoms with Crippen molar-refractivity contribution >= 4 is 37.5 Å². The van der Waals surface area contributed by atoms with Crippen molar-refractivity contribution in [3.8, 4) is 17.5 Å². The molecule has 0 aliphatic carbocycles. The Bertz CT molecular complexity index is 1430. The number of carbonyl (C=O) groups is 1. The van der Waals surface area contributed by atoms with Gasteiger partial charge in [0.2, 0.25) is 17.7 Å². The number of pyridine rings is 1. The van der Waals surface area contributed by atoms with E-state index in [1.54, 1.807) is 4.72 Å². The molecule has 0 saturated carbocycles. The van der Waals surface area contributed by atoms with Crippen LogP contribution in [-0.4, -0.2) is 68.8 Å². The average molecular weight is 529 g/mol. The Morgan fingerprint density at radius 1 is 1.03 bits per heavy atom. The summed E-state index contributed by atoms with van der Waals surface area (Å²) in [6, 6.07) is 3.03. The molecular weight excluding hydrogens is 504 g/mol. The molecule has 190 valence electrons. The maximum atomic E-state index is 13.2. The van der Waals surface area contributed by atoms with E-state index in [1.807, 2.05) is 6.92 Å². The second-order valence-electron chi connectivity index (χ2n) is 6.90. The molecule has 3 aromatic rings. The van der Waals surface area contributed by atoms with Crippen LogP contribution in [0.5, 0.6) is 17.5 Å². The minimum absolute atomic E-state index is 0.0301. The molecule has 0 unspecified atom stereocenters. The number of imidazole rings is 1. The second-order valence-corrected chi connectivity index (χ2v) is 10.7. The number of urea groups is 1. The van der Waals surface area contributed by atoms with Gasteiger partial charge in [0.1, 0.15) is 11.4 Å². The van der Waals surface area contributed by atoms with Gasteiger partial charge in [-0.25, -0.2) is 22.9 Å². The summed E-state index contributed by atoms with van der Waals surface area (Å²) in [7, 11) is -6.21. The third-order valence-electron chi connectivity index (χ3n) is 4.47. The fourth-order valence-corrected chi connectivity index (χ4v) is 5.49. The van der Waals surface area contributed by atoms with E-state index in [2.05, 4.69) is 20.3 Å². The molecule has 3 heterocycles. The maximum Gasteiger partial charge on any atom is 0.335 e. The highest BCUT2D eigenvalue weighted by molar-refractivity contribution is 7.93. The quantitative estimate of drug-likeness (QED) is 0.386. The number of methoxy groups -OCH3 is 2. The van der Waals surface area contributed by atoms with Gasteiger partial charge in [0.25, 0.3) is 10.0 Å². The van der Waals surface area contributed by atoms with Crippen LogP contribution in [0.4, 0.5) is 10.7 Å². The number of anilines is 1. The van der Waals surface area contributed by atoms with Crippen molar-refractivity contribution in [1.82, 2.24) is 24.1 Å². The summed E-state index contributed by atoms with van der Waals surface area (Å²) in [6.45, 7) is 3.59. The zero-order valence-corrected chi connectivity index (χ0v) is 20.9. The minimum atomic E-state index is -4.77. The lowest BCUT2D eigenvalue weighted by Gasteiger charge is -2.11. The van der Waals surface area contributed by atoms with E-state index >= 15 is 0 Å². The molecule has 0 aliphatic rings. The highest BCUT2D eigenvalue weighted by Crippen LogP contribution is 2.26. The summed E-state index contributed by atoms with van der Waals surface area (Å²) >= 11 is 0. The van der Waals surface area contributed by atoms with E-state index in [9.17, 15) is 21.6 Å². The fraction of sp³-hybridized carbons (Fsp3) is 0.368. The van der Waals surface area contributed by atoms with Crippen LogP contribution in [0.15, 0.2) is 34.4 Å². The number of hydrogen-bond donors (Lipinski definition) is 2. The molecule has 3 aromatic heterocycles. The first kappa shape index (κ1) is 26.0. The maximum absolute atomic E-state index is 13.2. The molecule has 16 heteroatoms. The van der Waals surface area contributed by atoms with Crippen LogP contribution in [0.25, 0.3) is 5.65 Å². The van der Waals surface area contributed by atoms with Gasteiger partial charge in [0.15, 0.2) is 19.9 Å². The molecule has 3 rings (SSSR count). The van der Waals surface area contributed by atoms with E-state index in [0.29, 0.717) is 13.0 Å². The van der Waals surface area contributed by atoms with E-state index in [4.69, 9.17) is 14.2 Å². The SMILES string of the molecule is CCCOc1ccc2nc(S(=O)(=O)CC)c(S(=O)(=O)NC(=O)Nc3nc(OC)cc(OC)n3)n2c1. The van der Waals surface area contributed by atoms with Crippen LogP contribution in [0, 0.1) is 0 Å². The number of aromatic nitrogens is 4. The summed E-state index contributed by atoms with van der Waals surface area (Å²) in [6.07, 6.45) is 1.98. The van der Waals surface area contributed by atoms with Gasteiger partial charge in [0, 0.05) is 0 Å². The first-order valence-corrected chi connectivity index (χ1v) is 13.4. The number of hydrogen-bond acceptors (Lipinski definition) is 11. The molecule has 14 nitrogen and oxygen atoms in total. The predicted molar refractivity (Wildman–Crippen MR) is 123 cm³/mol. The Kier molecular flexibility index (Phi) is 7.64. The van der Waals surface area contributed by atoms with Crippen LogP contribution in [0.1, 0.15) is 20.3 Å². The molecule has 0 fully saturated rings. The number of rotatable bonds is 10. The monoisotopic (exact) mass is 528 g/mol. The number of nitrogens with zero attached hydrogens (tertiary/aromatic N) is 4. The van der Waals surface area contributed by atoms with Gasteiger partial charge >= 0.3 is 6.03 Å². The molecular formula is C19H24N6O8S2. The van der Waals surface area contributed by atoms with Crippen molar-refractivity contribution in [1.29, 1.82) is 0 Å². The number of sulfone groups is 1. The van der Waals surface area contributed by atoms with Gasteiger partial charge in [-0.05, 0) is 18.6 Å². The molecule has 2 N–H and O–H groups in total. The number of sulfonamides is 1. The first-order valence-electron chi connectivity index (χ1n) is 10.2. The molecule has 35 heavy (non-hydrogen) atoms. The van der Waals surface area contributed by atoms with Gasteiger partial charge in [-0.15, -0.1) is 0 Å². The van der Waals surface area contributed by atoms with Crippen molar-refractivity contribution in [2.24, 2.45) is 0 Å². The Morgan fingerprint density at radius 2 is 1.69 bits per heavy atom. The van der Waals surface area contributed by atoms with Crippen molar-refractivity contribution in [2.75, 3.05) is 31.9 Å². The topological polar surface area (TPSA) is 180 Å². The lowest BCUT2D eigenvalue weighted by atomic mass is 10.4. The Morgan fingerprint density at radius 3 is 2.26 bits per heavy atom. The number of ether oxygens (including phenoxy) is 3. The highest BCUT2D eigenvalue weighted by Gasteiger charge is 2.33. The third-order valence-corrected chi connectivity index (χ3v) is 7.59. The Balaban J connectivity index is 2.03. The summed E-state index contributed by atoms with van der Waals surface area (Å²) in [5, 5.41) is 0.712. The van der Waals surface area contributed by atoms with Crippen molar-refractivity contribution in [3.05, 3.63) is 24.4 Å². The van der Waals surface area contributed by atoms with E-state index in [1.165, 1.54) is 45.5 Å². The summed E-state index contributed by atoms with van der Waals surface area (Å²) < 4.78 is 70.1. The first-order chi connectivity index (χ1) is 16.5. The molecule has 0 saturated heterocycles. The van der Waals surface area contributed by atoms with Gasteiger partial charge in [-0.2, -0.15) is 18.4 Å². The van der Waals surface area contributed by atoms with Crippen LogP contribution in [0.3, 0.4) is 0 Å². The average Bonchev–Trinajstić information content (AvgIpc) is 3.22. The lowest BCUT2D eigenvalue weighted by molar-refractivity contribution is 0.256. The number of nitrogens with one attached hydrogen (secondary N) is 2. The summed E-state index contributed by atoms with van der Waals surface area (Å²) in [5.74, 6) is -0.346. The molecule has 2 amide bonds. The van der Waals surface area contributed by atoms with Crippen LogP contribution >= 0.6 is 0 Å². The molecule has 0 aromatic carbocycles. The second kappa shape index (κ2) is 10.3. The van der Waals surface area contributed by atoms with Crippen molar-refractivity contribution < 1.29 is 35.8 Å². The molecule has 0 aliphatic heterocycles. The van der Waals surface area contributed by atoms with E-state index in [0.717, 1.165) is 4.40 Å². The highest BCUT2D eigenvalue weighted by atomic mass is 32.2. The van der Waals surface area contributed by atoms with E-state index < -0.39 is 41.7 Å². The van der Waals surface area contributed by atoms with Crippen molar-refractivity contribution in [3.63, 3.8) is 0 Å². The molecule has 0 radical (unpaired) electrons. The van der Waals surface area contributed by atoms with E-state index in [-0.39, 0.29) is 29.1 Å². The zero-order valence-electron chi connectivity index (χ0n) is 19.3. The number of amides is 2. The number of carbonyl (C=O) groups excluding carboxylic acids is 1. The van der Waals surface area contributed by atoms with Gasteiger partial charge in [-0.1, -0.05) is 13.8 Å². The molecule has 0 spiro atoms. The van der Waals surface area contributed by atoms with Crippen LogP contribution in [-0.2, 0) is 19.9 Å². The van der Waals surface area contributed by atoms with Crippen LogP contribution < -0.4 is 24.2 Å². The summed E-state index contributed by atoms with van der Waals surface area (Å²) in [5.41, 5.74) is 0.0301. The summed E-state index contributed by atoms with van der Waals surface area (Å²) in [4.78, 5) is 24.3. The Hall–Kier alpha value is -3.66. The third kappa shape index (κ3) is 5.71.